The zero-order valence-corrected chi connectivity index (χ0v) is 18.0. The fourth-order valence-corrected chi connectivity index (χ4v) is 3.94. The number of methoxy groups -OCH3 is 1. The second kappa shape index (κ2) is 9.35. The molecule has 5 heteroatoms. The van der Waals surface area contributed by atoms with Crippen LogP contribution in [-0.4, -0.2) is 28.4 Å². The van der Waals surface area contributed by atoms with E-state index in [2.05, 4.69) is 35.3 Å². The van der Waals surface area contributed by atoms with E-state index < -0.39 is 5.97 Å². The molecule has 3 aromatic carbocycles. The number of nitrogens with zero attached hydrogens (tertiary/aromatic N) is 1. The molecule has 0 atom stereocenters. The Labute approximate surface area is 186 Å². The molecule has 0 aliphatic rings. The normalized spacial score (nSPS) is 12.2. The number of aromatic amines is 1. The first-order valence-corrected chi connectivity index (χ1v) is 10.4. The van der Waals surface area contributed by atoms with Crippen molar-refractivity contribution >= 4 is 34.1 Å². The highest BCUT2D eigenvalue weighted by Crippen LogP contribution is 2.38. The number of hydrogen-bond acceptors (Lipinski definition) is 3. The van der Waals surface area contributed by atoms with Crippen LogP contribution in [0.3, 0.4) is 0 Å². The number of ether oxygens (including phenoxy) is 1. The SMILES string of the molecule is CC/C(=C(/c1ccc(C=CC(=O)O)cc1)c1ccc2[nH]ncc2c1)c1ccccc1OC. The van der Waals surface area contributed by atoms with Crippen molar-refractivity contribution in [3.8, 4) is 5.75 Å². The van der Waals surface area contributed by atoms with Crippen molar-refractivity contribution in [3.05, 3.63) is 101 Å². The van der Waals surface area contributed by atoms with Gasteiger partial charge in [0.15, 0.2) is 0 Å². The van der Waals surface area contributed by atoms with Crippen LogP contribution < -0.4 is 4.74 Å². The summed E-state index contributed by atoms with van der Waals surface area (Å²) >= 11 is 0. The summed E-state index contributed by atoms with van der Waals surface area (Å²) in [5, 5.41) is 17.1. The van der Waals surface area contributed by atoms with E-state index in [1.54, 1.807) is 13.2 Å². The molecule has 0 aliphatic heterocycles. The Morgan fingerprint density at radius 2 is 1.81 bits per heavy atom. The van der Waals surface area contributed by atoms with Crippen LogP contribution in [0.2, 0.25) is 0 Å². The van der Waals surface area contributed by atoms with E-state index >= 15 is 0 Å². The Hall–Kier alpha value is -4.12. The Kier molecular flexibility index (Phi) is 6.17. The summed E-state index contributed by atoms with van der Waals surface area (Å²) in [6.45, 7) is 2.14. The highest BCUT2D eigenvalue weighted by Gasteiger charge is 2.16. The molecular formula is C27H24N2O3. The highest BCUT2D eigenvalue weighted by molar-refractivity contribution is 6.01. The van der Waals surface area contributed by atoms with Gasteiger partial charge in [-0.15, -0.1) is 0 Å². The van der Waals surface area contributed by atoms with Gasteiger partial charge in [0, 0.05) is 17.0 Å². The molecule has 2 N–H and O–H groups in total. The average Bonchev–Trinajstić information content (AvgIpc) is 3.29. The lowest BCUT2D eigenvalue weighted by molar-refractivity contribution is -0.131. The van der Waals surface area contributed by atoms with Crippen molar-refractivity contribution in [3.63, 3.8) is 0 Å². The van der Waals surface area contributed by atoms with Gasteiger partial charge in [-0.05, 0) is 58.5 Å². The van der Waals surface area contributed by atoms with E-state index in [9.17, 15) is 4.79 Å². The van der Waals surface area contributed by atoms with E-state index in [4.69, 9.17) is 9.84 Å². The lowest BCUT2D eigenvalue weighted by Crippen LogP contribution is -1.98. The number of para-hydroxylation sites is 1. The number of hydrogen-bond donors (Lipinski definition) is 2. The van der Waals surface area contributed by atoms with Gasteiger partial charge in [-0.25, -0.2) is 4.79 Å². The van der Waals surface area contributed by atoms with E-state index in [-0.39, 0.29) is 0 Å². The quantitative estimate of drug-likeness (QED) is 0.280. The molecule has 1 aromatic heterocycles. The van der Waals surface area contributed by atoms with E-state index in [1.165, 1.54) is 5.57 Å². The largest absolute Gasteiger partial charge is 0.496 e. The molecule has 32 heavy (non-hydrogen) atoms. The number of carboxylic acid groups (broad SMARTS) is 1. The van der Waals surface area contributed by atoms with Crippen LogP contribution in [0.1, 0.15) is 35.6 Å². The fraction of sp³-hybridized carbons (Fsp3) is 0.111. The summed E-state index contributed by atoms with van der Waals surface area (Å²) in [7, 11) is 1.69. The van der Waals surface area contributed by atoms with Gasteiger partial charge in [0.2, 0.25) is 0 Å². The maximum Gasteiger partial charge on any atom is 0.328 e. The van der Waals surface area contributed by atoms with Gasteiger partial charge < -0.3 is 9.84 Å². The molecule has 4 aromatic rings. The van der Waals surface area contributed by atoms with Crippen molar-refractivity contribution in [1.82, 2.24) is 10.2 Å². The van der Waals surface area contributed by atoms with Crippen LogP contribution in [0.4, 0.5) is 0 Å². The van der Waals surface area contributed by atoms with Gasteiger partial charge in [-0.2, -0.15) is 5.10 Å². The first-order valence-electron chi connectivity index (χ1n) is 10.4. The number of carboxylic acids is 1. The van der Waals surface area contributed by atoms with Crippen LogP contribution in [0.15, 0.2) is 79.0 Å². The number of nitrogens with one attached hydrogen (secondary N) is 1. The van der Waals surface area contributed by atoms with Crippen LogP contribution in [0.25, 0.3) is 28.1 Å². The summed E-state index contributed by atoms with van der Waals surface area (Å²) in [4.78, 5) is 10.8. The highest BCUT2D eigenvalue weighted by atomic mass is 16.5. The summed E-state index contributed by atoms with van der Waals surface area (Å²) in [6.07, 6.45) is 5.36. The van der Waals surface area contributed by atoms with Gasteiger partial charge in [0.05, 0.1) is 18.8 Å². The van der Waals surface area contributed by atoms with Crippen LogP contribution >= 0.6 is 0 Å². The minimum absolute atomic E-state index is 0.805. The minimum Gasteiger partial charge on any atom is -0.496 e. The molecule has 0 saturated heterocycles. The molecular weight excluding hydrogens is 400 g/mol. The lowest BCUT2D eigenvalue weighted by atomic mass is 9.87. The van der Waals surface area contributed by atoms with Gasteiger partial charge in [-0.3, -0.25) is 5.10 Å². The number of rotatable bonds is 7. The standard InChI is InChI=1S/C27H24N2O3/c1-3-22(23-6-4-5-7-25(23)32-2)27(20-13-14-24-21(16-20)17-28-29-24)19-11-8-18(9-12-19)10-15-26(30)31/h4-17H,3H2,1-2H3,(H,28,29)(H,30,31)/b15-10?,27-22+. The van der Waals surface area contributed by atoms with E-state index in [0.29, 0.717) is 0 Å². The number of benzene rings is 3. The Morgan fingerprint density at radius 1 is 1.06 bits per heavy atom. The first kappa shape index (κ1) is 21.1. The second-order valence-electron chi connectivity index (χ2n) is 7.37. The van der Waals surface area contributed by atoms with Gasteiger partial charge in [0.1, 0.15) is 5.75 Å². The molecule has 0 saturated carbocycles. The van der Waals surface area contributed by atoms with Crippen LogP contribution in [0.5, 0.6) is 5.75 Å². The molecule has 0 amide bonds. The topological polar surface area (TPSA) is 75.2 Å². The number of fused-ring (bicyclic) bond motifs is 1. The monoisotopic (exact) mass is 424 g/mol. The number of carbonyl (C=O) groups is 1. The molecule has 0 radical (unpaired) electrons. The molecule has 4 rings (SSSR count). The summed E-state index contributed by atoms with van der Waals surface area (Å²) in [5.74, 6) is -0.139. The fourth-order valence-electron chi connectivity index (χ4n) is 3.94. The summed E-state index contributed by atoms with van der Waals surface area (Å²) in [6, 6.07) is 22.2. The maximum atomic E-state index is 10.8. The van der Waals surface area contributed by atoms with Crippen LogP contribution in [0, 0.1) is 0 Å². The number of aromatic nitrogens is 2. The van der Waals surface area contributed by atoms with Crippen molar-refractivity contribution < 1.29 is 14.6 Å². The zero-order valence-electron chi connectivity index (χ0n) is 18.0. The molecule has 0 spiro atoms. The minimum atomic E-state index is -0.965. The van der Waals surface area contributed by atoms with Gasteiger partial charge in [-0.1, -0.05) is 55.5 Å². The molecule has 0 unspecified atom stereocenters. The summed E-state index contributed by atoms with van der Waals surface area (Å²) < 4.78 is 5.67. The van der Waals surface area contributed by atoms with Crippen molar-refractivity contribution in [2.45, 2.75) is 13.3 Å². The average molecular weight is 425 g/mol. The molecule has 1 heterocycles. The first-order chi connectivity index (χ1) is 15.6. The predicted molar refractivity (Wildman–Crippen MR) is 128 cm³/mol. The van der Waals surface area contributed by atoms with Gasteiger partial charge in [0.25, 0.3) is 0 Å². The Balaban J connectivity index is 1.94. The number of aliphatic carboxylic acids is 1. The predicted octanol–water partition coefficient (Wildman–Crippen LogP) is 6.04. The molecule has 0 fully saturated rings. The van der Waals surface area contributed by atoms with Crippen molar-refractivity contribution in [2.24, 2.45) is 0 Å². The lowest BCUT2D eigenvalue weighted by Gasteiger charge is -2.18. The molecule has 5 nitrogen and oxygen atoms in total. The molecule has 0 bridgehead atoms. The third-order valence-corrected chi connectivity index (χ3v) is 5.43. The van der Waals surface area contributed by atoms with E-state index in [1.807, 2.05) is 54.7 Å². The van der Waals surface area contributed by atoms with Crippen molar-refractivity contribution in [1.29, 1.82) is 0 Å². The molecule has 160 valence electrons. The van der Waals surface area contributed by atoms with Crippen molar-refractivity contribution in [2.75, 3.05) is 7.11 Å². The van der Waals surface area contributed by atoms with Gasteiger partial charge >= 0.3 is 5.97 Å². The number of allylic oxidation sites excluding steroid dienone is 1. The smallest absolute Gasteiger partial charge is 0.328 e. The maximum absolute atomic E-state index is 10.8. The summed E-state index contributed by atoms with van der Waals surface area (Å²) in [5.41, 5.74) is 7.26. The second-order valence-corrected chi connectivity index (χ2v) is 7.37. The van der Waals surface area contributed by atoms with E-state index in [0.717, 1.165) is 57.0 Å². The Bertz CT molecular complexity index is 1310. The zero-order chi connectivity index (χ0) is 22.5. The third-order valence-electron chi connectivity index (χ3n) is 5.43. The third kappa shape index (κ3) is 4.32. The molecule has 0 aliphatic carbocycles. The number of H-pyrrole nitrogens is 1. The Morgan fingerprint density at radius 3 is 2.53 bits per heavy atom. The van der Waals surface area contributed by atoms with Crippen LogP contribution in [-0.2, 0) is 4.79 Å².